The molecule has 0 aromatic carbocycles. The third-order valence-electron chi connectivity index (χ3n) is 5.12. The largest absolute Gasteiger partial charge is 0.481 e. The Labute approximate surface area is 175 Å². The fraction of sp³-hybridized carbons (Fsp3) is 0.476. The number of ether oxygens (including phenoxy) is 1. The van der Waals surface area contributed by atoms with Crippen LogP contribution < -0.4 is 9.64 Å². The summed E-state index contributed by atoms with van der Waals surface area (Å²) < 4.78 is 13.0. The summed E-state index contributed by atoms with van der Waals surface area (Å²) in [4.78, 5) is 6.55. The standard InChI is InChI=1S/C21H27N5O2S/c1-15-9-16(2)12-25(11-15)20-23-24-21(26(20)13-18-5-4-8-28-18)29-14-17-6-7-22-19(10-17)27-3/h4-8,10,15-16H,9,11-14H2,1-3H3/t15-,16-/m1/s1. The highest BCUT2D eigenvalue weighted by atomic mass is 32.2. The molecule has 0 saturated carbocycles. The first kappa shape index (κ1) is 19.8. The Bertz CT molecular complexity index is 917. The predicted molar refractivity (Wildman–Crippen MR) is 113 cm³/mol. The molecule has 0 spiro atoms. The fourth-order valence-electron chi connectivity index (χ4n) is 3.94. The van der Waals surface area contributed by atoms with Gasteiger partial charge in [0.05, 0.1) is 19.9 Å². The zero-order chi connectivity index (χ0) is 20.2. The molecule has 8 heteroatoms. The third-order valence-corrected chi connectivity index (χ3v) is 6.16. The van der Waals surface area contributed by atoms with E-state index >= 15 is 0 Å². The van der Waals surface area contributed by atoms with Crippen LogP contribution >= 0.6 is 11.8 Å². The summed E-state index contributed by atoms with van der Waals surface area (Å²) >= 11 is 1.67. The van der Waals surface area contributed by atoms with Crippen molar-refractivity contribution in [2.75, 3.05) is 25.1 Å². The Morgan fingerprint density at radius 3 is 2.76 bits per heavy atom. The molecule has 3 aromatic rings. The number of aromatic nitrogens is 4. The number of hydrogen-bond donors (Lipinski definition) is 0. The molecule has 0 aliphatic carbocycles. The number of hydrogen-bond acceptors (Lipinski definition) is 7. The second kappa shape index (κ2) is 8.90. The molecule has 1 aliphatic rings. The van der Waals surface area contributed by atoms with Crippen LogP contribution in [0.25, 0.3) is 0 Å². The van der Waals surface area contributed by atoms with Gasteiger partial charge in [0, 0.05) is 31.1 Å². The van der Waals surface area contributed by atoms with Crippen LogP contribution in [0, 0.1) is 11.8 Å². The molecule has 4 rings (SSSR count). The molecule has 1 fully saturated rings. The van der Waals surface area contributed by atoms with E-state index in [0.29, 0.717) is 24.3 Å². The van der Waals surface area contributed by atoms with Gasteiger partial charge in [0.1, 0.15) is 5.76 Å². The highest BCUT2D eigenvalue weighted by Gasteiger charge is 2.27. The molecule has 2 atom stereocenters. The van der Waals surface area contributed by atoms with Crippen LogP contribution in [0.15, 0.2) is 46.3 Å². The van der Waals surface area contributed by atoms with Crippen LogP contribution in [0.5, 0.6) is 5.88 Å². The number of methoxy groups -OCH3 is 1. The van der Waals surface area contributed by atoms with Gasteiger partial charge in [-0.1, -0.05) is 25.6 Å². The number of thioether (sulfide) groups is 1. The van der Waals surface area contributed by atoms with Gasteiger partial charge in [-0.15, -0.1) is 10.2 Å². The van der Waals surface area contributed by atoms with Crippen LogP contribution in [0.2, 0.25) is 0 Å². The topological polar surface area (TPSA) is 69.2 Å². The van der Waals surface area contributed by atoms with E-state index in [0.717, 1.165) is 41.3 Å². The van der Waals surface area contributed by atoms with Crippen molar-refractivity contribution in [3.8, 4) is 5.88 Å². The first-order valence-corrected chi connectivity index (χ1v) is 10.9. The zero-order valence-electron chi connectivity index (χ0n) is 17.1. The predicted octanol–water partition coefficient (Wildman–Crippen LogP) is 4.10. The summed E-state index contributed by atoms with van der Waals surface area (Å²) in [5.41, 5.74) is 1.14. The molecule has 0 radical (unpaired) electrons. The van der Waals surface area contributed by atoms with E-state index in [1.807, 2.05) is 24.3 Å². The van der Waals surface area contributed by atoms with Gasteiger partial charge in [0.2, 0.25) is 11.8 Å². The summed E-state index contributed by atoms with van der Waals surface area (Å²) in [7, 11) is 1.63. The minimum absolute atomic E-state index is 0.622. The minimum Gasteiger partial charge on any atom is -0.481 e. The van der Waals surface area contributed by atoms with Crippen molar-refractivity contribution in [1.29, 1.82) is 0 Å². The minimum atomic E-state index is 0.622. The highest BCUT2D eigenvalue weighted by molar-refractivity contribution is 7.98. The van der Waals surface area contributed by atoms with Gasteiger partial charge in [0.15, 0.2) is 5.16 Å². The zero-order valence-corrected chi connectivity index (χ0v) is 17.9. The molecule has 0 bridgehead atoms. The maximum absolute atomic E-state index is 5.61. The maximum atomic E-state index is 5.61. The average molecular weight is 414 g/mol. The van der Waals surface area contributed by atoms with Crippen molar-refractivity contribution in [3.05, 3.63) is 48.0 Å². The molecule has 4 heterocycles. The first-order chi connectivity index (χ1) is 14.1. The first-order valence-electron chi connectivity index (χ1n) is 9.94. The van der Waals surface area contributed by atoms with Gasteiger partial charge < -0.3 is 14.1 Å². The average Bonchev–Trinajstić information content (AvgIpc) is 3.36. The molecule has 0 N–H and O–H groups in total. The Kier molecular flexibility index (Phi) is 6.08. The lowest BCUT2D eigenvalue weighted by atomic mass is 9.92. The van der Waals surface area contributed by atoms with Crippen molar-refractivity contribution in [1.82, 2.24) is 19.7 Å². The van der Waals surface area contributed by atoms with Crippen LogP contribution in [0.3, 0.4) is 0 Å². The van der Waals surface area contributed by atoms with E-state index in [-0.39, 0.29) is 0 Å². The summed E-state index contributed by atoms with van der Waals surface area (Å²) in [6.45, 7) is 7.25. The molecule has 1 aliphatic heterocycles. The summed E-state index contributed by atoms with van der Waals surface area (Å²) in [6.07, 6.45) is 4.74. The summed E-state index contributed by atoms with van der Waals surface area (Å²) in [5.74, 6) is 4.51. The van der Waals surface area contributed by atoms with Gasteiger partial charge >= 0.3 is 0 Å². The van der Waals surface area contributed by atoms with Crippen molar-refractivity contribution >= 4 is 17.7 Å². The van der Waals surface area contributed by atoms with Crippen molar-refractivity contribution < 1.29 is 9.15 Å². The molecule has 7 nitrogen and oxygen atoms in total. The molecule has 3 aromatic heterocycles. The number of nitrogens with zero attached hydrogens (tertiary/aromatic N) is 5. The Hall–Kier alpha value is -2.48. The molecular formula is C21H27N5O2S. The highest BCUT2D eigenvalue weighted by Crippen LogP contribution is 2.30. The third kappa shape index (κ3) is 4.75. The number of furan rings is 1. The van der Waals surface area contributed by atoms with Gasteiger partial charge in [0.25, 0.3) is 0 Å². The second-order valence-electron chi connectivity index (χ2n) is 7.79. The van der Waals surface area contributed by atoms with E-state index in [2.05, 4.69) is 38.5 Å². The Morgan fingerprint density at radius 2 is 2.03 bits per heavy atom. The van der Waals surface area contributed by atoms with E-state index < -0.39 is 0 Å². The fourth-order valence-corrected chi connectivity index (χ4v) is 4.82. The maximum Gasteiger partial charge on any atom is 0.228 e. The lowest BCUT2D eigenvalue weighted by Crippen LogP contribution is -2.40. The van der Waals surface area contributed by atoms with Gasteiger partial charge in [-0.05, 0) is 42.0 Å². The summed E-state index contributed by atoms with van der Waals surface area (Å²) in [5, 5.41) is 9.99. The molecule has 0 unspecified atom stereocenters. The summed E-state index contributed by atoms with van der Waals surface area (Å²) in [6, 6.07) is 7.86. The van der Waals surface area contributed by atoms with Gasteiger partial charge in [-0.3, -0.25) is 4.57 Å². The molecule has 29 heavy (non-hydrogen) atoms. The van der Waals surface area contributed by atoms with Crippen molar-refractivity contribution in [2.24, 2.45) is 11.8 Å². The van der Waals surface area contributed by atoms with Crippen LogP contribution in [-0.4, -0.2) is 39.9 Å². The SMILES string of the molecule is COc1cc(CSc2nnc(N3C[C@H](C)C[C@@H](C)C3)n2Cc2ccco2)ccn1. The van der Waals surface area contributed by atoms with E-state index in [1.54, 1.807) is 31.3 Å². The van der Waals surface area contributed by atoms with Gasteiger partial charge in [-0.25, -0.2) is 4.98 Å². The monoisotopic (exact) mass is 413 g/mol. The molecule has 1 saturated heterocycles. The van der Waals surface area contributed by atoms with Crippen LogP contribution in [0.4, 0.5) is 5.95 Å². The molecule has 0 amide bonds. The van der Waals surface area contributed by atoms with Gasteiger partial charge in [-0.2, -0.15) is 0 Å². The number of pyridine rings is 1. The van der Waals surface area contributed by atoms with Crippen molar-refractivity contribution in [2.45, 2.75) is 37.7 Å². The second-order valence-corrected chi connectivity index (χ2v) is 8.74. The normalized spacial score (nSPS) is 19.5. The van der Waals surface area contributed by atoms with E-state index in [9.17, 15) is 0 Å². The number of anilines is 1. The van der Waals surface area contributed by atoms with Crippen LogP contribution in [0.1, 0.15) is 31.6 Å². The van der Waals surface area contributed by atoms with E-state index in [4.69, 9.17) is 9.15 Å². The Balaban J connectivity index is 1.58. The molecular weight excluding hydrogens is 386 g/mol. The molecule has 154 valence electrons. The quantitative estimate of drug-likeness (QED) is 0.540. The number of rotatable bonds is 7. The number of piperidine rings is 1. The smallest absolute Gasteiger partial charge is 0.228 e. The Morgan fingerprint density at radius 1 is 1.21 bits per heavy atom. The lowest BCUT2D eigenvalue weighted by molar-refractivity contribution is 0.350. The van der Waals surface area contributed by atoms with Crippen LogP contribution in [-0.2, 0) is 12.3 Å². The lowest BCUT2D eigenvalue weighted by Gasteiger charge is -2.35. The van der Waals surface area contributed by atoms with Crippen molar-refractivity contribution in [3.63, 3.8) is 0 Å². The van der Waals surface area contributed by atoms with E-state index in [1.165, 1.54) is 6.42 Å².